The van der Waals surface area contributed by atoms with Crippen LogP contribution in [0, 0.1) is 6.92 Å². The van der Waals surface area contributed by atoms with Crippen LogP contribution in [0.2, 0.25) is 5.02 Å². The van der Waals surface area contributed by atoms with Gasteiger partial charge in [-0.2, -0.15) is 0 Å². The van der Waals surface area contributed by atoms with Gasteiger partial charge in [-0.1, -0.05) is 16.8 Å². The van der Waals surface area contributed by atoms with E-state index in [0.29, 0.717) is 5.76 Å². The van der Waals surface area contributed by atoms with E-state index in [1.165, 1.54) is 11.3 Å². The minimum Gasteiger partial charge on any atom is -0.476 e. The van der Waals surface area contributed by atoms with Crippen LogP contribution in [0.1, 0.15) is 16.1 Å². The van der Waals surface area contributed by atoms with Crippen LogP contribution in [0.3, 0.4) is 0 Å². The number of carbonyl (C=O) groups is 1. The van der Waals surface area contributed by atoms with Crippen LogP contribution in [0.4, 0.5) is 0 Å². The zero-order chi connectivity index (χ0) is 11.0. The molecule has 0 aliphatic heterocycles. The van der Waals surface area contributed by atoms with Crippen LogP contribution in [-0.4, -0.2) is 16.2 Å². The Morgan fingerprint density at radius 3 is 2.87 bits per heavy atom. The highest BCUT2D eigenvalue weighted by Crippen LogP contribution is 2.36. The number of aromatic nitrogens is 1. The van der Waals surface area contributed by atoms with Gasteiger partial charge in [0.1, 0.15) is 5.02 Å². The minimum absolute atomic E-state index is 0.0491. The van der Waals surface area contributed by atoms with Crippen molar-refractivity contribution in [3.63, 3.8) is 0 Å². The lowest BCUT2D eigenvalue weighted by Gasteiger charge is -1.92. The van der Waals surface area contributed by atoms with Crippen molar-refractivity contribution in [2.24, 2.45) is 0 Å². The van der Waals surface area contributed by atoms with Gasteiger partial charge in [-0.05, 0) is 23.9 Å². The maximum absolute atomic E-state index is 10.7. The van der Waals surface area contributed by atoms with Crippen LogP contribution < -0.4 is 0 Å². The number of aromatic carboxylic acids is 1. The van der Waals surface area contributed by atoms with E-state index in [2.05, 4.69) is 5.16 Å². The zero-order valence-corrected chi connectivity index (χ0v) is 9.22. The van der Waals surface area contributed by atoms with E-state index in [9.17, 15) is 4.79 Å². The standard InChI is InChI=1S/C9H6ClNO3S/c1-4-2-3-15-8(4)7-5(10)6(9(12)13)11-14-7/h2-3H,1H3,(H,12,13). The second kappa shape index (κ2) is 3.67. The van der Waals surface area contributed by atoms with Gasteiger partial charge in [0.2, 0.25) is 5.69 Å². The van der Waals surface area contributed by atoms with E-state index in [-0.39, 0.29) is 10.7 Å². The fraction of sp³-hybridized carbons (Fsp3) is 0.111. The molecule has 0 fully saturated rings. The molecule has 6 heteroatoms. The third kappa shape index (κ3) is 1.64. The Morgan fingerprint density at radius 2 is 2.40 bits per heavy atom. The van der Waals surface area contributed by atoms with Crippen molar-refractivity contribution >= 4 is 28.9 Å². The van der Waals surface area contributed by atoms with E-state index in [0.717, 1.165) is 10.4 Å². The smallest absolute Gasteiger partial charge is 0.359 e. The predicted octanol–water partition coefficient (Wildman–Crippen LogP) is 3.06. The summed E-state index contributed by atoms with van der Waals surface area (Å²) >= 11 is 7.28. The van der Waals surface area contributed by atoms with Crippen LogP contribution in [0.25, 0.3) is 10.6 Å². The van der Waals surface area contributed by atoms with Gasteiger partial charge >= 0.3 is 5.97 Å². The zero-order valence-electron chi connectivity index (χ0n) is 7.65. The maximum Gasteiger partial charge on any atom is 0.359 e. The number of aryl methyl sites for hydroxylation is 1. The number of nitrogens with zero attached hydrogens (tertiary/aromatic N) is 1. The van der Waals surface area contributed by atoms with Gasteiger partial charge in [-0.15, -0.1) is 11.3 Å². The Kier molecular flexibility index (Phi) is 2.50. The van der Waals surface area contributed by atoms with E-state index in [4.69, 9.17) is 21.2 Å². The Labute approximate surface area is 94.1 Å². The third-order valence-corrected chi connectivity index (χ3v) is 3.27. The van der Waals surface area contributed by atoms with E-state index >= 15 is 0 Å². The summed E-state index contributed by atoms with van der Waals surface area (Å²) in [4.78, 5) is 11.5. The average molecular weight is 244 g/mol. The molecule has 0 aliphatic rings. The van der Waals surface area contributed by atoms with Gasteiger partial charge in [0.05, 0.1) is 4.88 Å². The quantitative estimate of drug-likeness (QED) is 0.881. The molecule has 0 saturated carbocycles. The molecule has 2 heterocycles. The largest absolute Gasteiger partial charge is 0.476 e. The van der Waals surface area contributed by atoms with Crippen LogP contribution in [0.5, 0.6) is 0 Å². The van der Waals surface area contributed by atoms with Crippen molar-refractivity contribution in [2.75, 3.05) is 0 Å². The van der Waals surface area contributed by atoms with E-state index in [1.54, 1.807) is 0 Å². The Bertz CT molecular complexity index is 517. The van der Waals surface area contributed by atoms with Gasteiger partial charge in [-0.25, -0.2) is 4.79 Å². The summed E-state index contributed by atoms with van der Waals surface area (Å²) < 4.78 is 4.93. The number of thiophene rings is 1. The normalized spacial score (nSPS) is 10.5. The topological polar surface area (TPSA) is 63.3 Å². The molecule has 1 N–H and O–H groups in total. The van der Waals surface area contributed by atoms with Gasteiger partial charge in [0.15, 0.2) is 5.76 Å². The lowest BCUT2D eigenvalue weighted by Crippen LogP contribution is -1.96. The summed E-state index contributed by atoms with van der Waals surface area (Å²) in [5.41, 5.74) is 0.731. The Hall–Kier alpha value is -1.33. The molecule has 15 heavy (non-hydrogen) atoms. The molecular weight excluding hydrogens is 238 g/mol. The molecule has 0 radical (unpaired) electrons. The van der Waals surface area contributed by atoms with Gasteiger partial charge in [-0.3, -0.25) is 0 Å². The Balaban J connectivity index is 2.56. The van der Waals surface area contributed by atoms with Crippen molar-refractivity contribution in [3.8, 4) is 10.6 Å². The van der Waals surface area contributed by atoms with E-state index < -0.39 is 5.97 Å². The summed E-state index contributed by atoms with van der Waals surface area (Å²) in [6.07, 6.45) is 0. The number of rotatable bonds is 2. The molecule has 0 aromatic carbocycles. The molecule has 2 rings (SSSR count). The van der Waals surface area contributed by atoms with Crippen molar-refractivity contribution in [2.45, 2.75) is 6.92 Å². The lowest BCUT2D eigenvalue weighted by molar-refractivity contribution is 0.0686. The molecule has 0 aliphatic carbocycles. The molecule has 0 atom stereocenters. The van der Waals surface area contributed by atoms with Crippen molar-refractivity contribution in [1.29, 1.82) is 0 Å². The van der Waals surface area contributed by atoms with Crippen LogP contribution in [-0.2, 0) is 0 Å². The first-order valence-electron chi connectivity index (χ1n) is 4.04. The maximum atomic E-state index is 10.7. The first-order valence-corrected chi connectivity index (χ1v) is 5.30. The number of halogens is 1. The van der Waals surface area contributed by atoms with Gasteiger partial charge in [0.25, 0.3) is 0 Å². The second-order valence-electron chi connectivity index (χ2n) is 2.91. The summed E-state index contributed by atoms with van der Waals surface area (Å²) in [5, 5.41) is 14.1. The fourth-order valence-electron chi connectivity index (χ4n) is 1.16. The highest BCUT2D eigenvalue weighted by Gasteiger charge is 2.22. The first-order chi connectivity index (χ1) is 7.11. The highest BCUT2D eigenvalue weighted by molar-refractivity contribution is 7.13. The highest BCUT2D eigenvalue weighted by atomic mass is 35.5. The Morgan fingerprint density at radius 1 is 1.67 bits per heavy atom. The summed E-state index contributed by atoms with van der Waals surface area (Å²) in [7, 11) is 0. The SMILES string of the molecule is Cc1ccsc1-c1onc(C(=O)O)c1Cl. The first kappa shape index (κ1) is 10.2. The summed E-state index contributed by atoms with van der Waals surface area (Å²) in [5.74, 6) is -0.870. The number of hydrogen-bond acceptors (Lipinski definition) is 4. The molecular formula is C9H6ClNO3S. The second-order valence-corrected chi connectivity index (χ2v) is 4.21. The minimum atomic E-state index is -1.19. The van der Waals surface area contributed by atoms with Gasteiger partial charge < -0.3 is 9.63 Å². The molecule has 0 amide bonds. The number of hydrogen-bond donors (Lipinski definition) is 1. The van der Waals surface area contributed by atoms with Crippen molar-refractivity contribution < 1.29 is 14.4 Å². The monoisotopic (exact) mass is 243 g/mol. The average Bonchev–Trinajstić information content (AvgIpc) is 2.71. The van der Waals surface area contributed by atoms with Crippen LogP contribution in [0.15, 0.2) is 16.0 Å². The molecule has 4 nitrogen and oxygen atoms in total. The van der Waals surface area contributed by atoms with Crippen molar-refractivity contribution in [1.82, 2.24) is 5.16 Å². The fourth-order valence-corrected chi connectivity index (χ4v) is 2.37. The van der Waals surface area contributed by atoms with E-state index in [1.807, 2.05) is 18.4 Å². The molecule has 0 spiro atoms. The summed E-state index contributed by atoms with van der Waals surface area (Å²) in [6.45, 7) is 1.89. The molecule has 0 saturated heterocycles. The summed E-state index contributed by atoms with van der Waals surface area (Å²) in [6, 6.07) is 1.90. The lowest BCUT2D eigenvalue weighted by atomic mass is 10.2. The van der Waals surface area contributed by atoms with Gasteiger partial charge in [0, 0.05) is 0 Å². The number of carboxylic acid groups (broad SMARTS) is 1. The molecule has 78 valence electrons. The predicted molar refractivity (Wildman–Crippen MR) is 56.5 cm³/mol. The molecule has 2 aromatic heterocycles. The molecule has 0 bridgehead atoms. The van der Waals surface area contributed by atoms with Crippen molar-refractivity contribution in [3.05, 3.63) is 27.7 Å². The number of carboxylic acids is 1. The van der Waals surface area contributed by atoms with Crippen LogP contribution >= 0.6 is 22.9 Å². The molecule has 0 unspecified atom stereocenters. The third-order valence-electron chi connectivity index (χ3n) is 1.91. The molecule has 2 aromatic rings.